The summed E-state index contributed by atoms with van der Waals surface area (Å²) in [5.74, 6) is 0.383. The Bertz CT molecular complexity index is 1070. The number of benzene rings is 2. The molecule has 8 heteroatoms. The standard InChI is InChI=1S/C20H21N5O2S/c1-13-5-3-6-15(11-13)19-23-24-20(28)25(19)10-9-18(27)22-17-8-4-7-16(12-17)21-14(2)26/h3-8,11-12H,9-10H2,1-2H3,(H,21,26)(H,22,27)(H,24,28). The minimum absolute atomic E-state index is 0.154. The minimum atomic E-state index is -0.165. The maximum Gasteiger partial charge on any atom is 0.226 e. The zero-order valence-corrected chi connectivity index (χ0v) is 16.5. The molecule has 3 N–H and O–H groups in total. The highest BCUT2D eigenvalue weighted by Crippen LogP contribution is 2.19. The van der Waals surface area contributed by atoms with Crippen LogP contribution in [0.1, 0.15) is 18.9 Å². The molecule has 0 saturated heterocycles. The van der Waals surface area contributed by atoms with Crippen LogP contribution in [0.15, 0.2) is 48.5 Å². The third kappa shape index (κ3) is 4.92. The lowest BCUT2D eigenvalue weighted by molar-refractivity contribution is -0.116. The number of carbonyl (C=O) groups is 2. The molecule has 0 saturated carbocycles. The van der Waals surface area contributed by atoms with Gasteiger partial charge in [-0.1, -0.05) is 29.8 Å². The van der Waals surface area contributed by atoms with E-state index in [0.29, 0.717) is 28.5 Å². The number of rotatable bonds is 6. The number of aryl methyl sites for hydroxylation is 1. The zero-order valence-electron chi connectivity index (χ0n) is 15.7. The Morgan fingerprint density at radius 1 is 1.11 bits per heavy atom. The van der Waals surface area contributed by atoms with E-state index in [4.69, 9.17) is 12.2 Å². The summed E-state index contributed by atoms with van der Waals surface area (Å²) in [5.41, 5.74) is 3.31. The number of aromatic nitrogens is 3. The number of amides is 2. The quantitative estimate of drug-likeness (QED) is 0.552. The Balaban J connectivity index is 1.68. The number of hydrogen-bond donors (Lipinski definition) is 3. The molecule has 3 rings (SSSR count). The molecule has 2 amide bonds. The maximum absolute atomic E-state index is 12.4. The van der Waals surface area contributed by atoms with Crippen molar-refractivity contribution in [1.82, 2.24) is 14.8 Å². The van der Waals surface area contributed by atoms with Gasteiger partial charge >= 0.3 is 0 Å². The van der Waals surface area contributed by atoms with Gasteiger partial charge in [-0.05, 0) is 43.4 Å². The van der Waals surface area contributed by atoms with E-state index < -0.39 is 0 Å². The Morgan fingerprint density at radius 3 is 2.54 bits per heavy atom. The Labute approximate surface area is 167 Å². The number of carbonyl (C=O) groups excluding carboxylic acids is 2. The molecular weight excluding hydrogens is 374 g/mol. The Morgan fingerprint density at radius 2 is 1.82 bits per heavy atom. The van der Waals surface area contributed by atoms with Crippen LogP contribution < -0.4 is 10.6 Å². The summed E-state index contributed by atoms with van der Waals surface area (Å²) < 4.78 is 2.29. The van der Waals surface area contributed by atoms with Crippen LogP contribution in [0.3, 0.4) is 0 Å². The van der Waals surface area contributed by atoms with Crippen molar-refractivity contribution in [2.45, 2.75) is 26.8 Å². The van der Waals surface area contributed by atoms with Gasteiger partial charge in [-0.15, -0.1) is 0 Å². The largest absolute Gasteiger partial charge is 0.326 e. The summed E-state index contributed by atoms with van der Waals surface area (Å²) in [7, 11) is 0. The summed E-state index contributed by atoms with van der Waals surface area (Å²) >= 11 is 5.32. The molecule has 0 atom stereocenters. The fraction of sp³-hybridized carbons (Fsp3) is 0.200. The number of anilines is 2. The highest BCUT2D eigenvalue weighted by Gasteiger charge is 2.11. The maximum atomic E-state index is 12.4. The van der Waals surface area contributed by atoms with Gasteiger partial charge in [-0.25, -0.2) is 0 Å². The highest BCUT2D eigenvalue weighted by molar-refractivity contribution is 7.71. The van der Waals surface area contributed by atoms with Crippen LogP contribution in [0.4, 0.5) is 11.4 Å². The lowest BCUT2D eigenvalue weighted by Crippen LogP contribution is -2.15. The first kappa shape index (κ1) is 19.5. The molecule has 28 heavy (non-hydrogen) atoms. The van der Waals surface area contributed by atoms with Crippen molar-refractivity contribution >= 4 is 35.4 Å². The SMILES string of the molecule is CC(=O)Nc1cccc(NC(=O)CCn2c(-c3cccc(C)c3)n[nH]c2=S)c1. The smallest absolute Gasteiger partial charge is 0.226 e. The van der Waals surface area contributed by atoms with Crippen LogP contribution in [-0.4, -0.2) is 26.6 Å². The van der Waals surface area contributed by atoms with Crippen molar-refractivity contribution in [2.24, 2.45) is 0 Å². The van der Waals surface area contributed by atoms with Crippen LogP contribution in [0, 0.1) is 11.7 Å². The topological polar surface area (TPSA) is 91.8 Å². The molecule has 1 heterocycles. The van der Waals surface area contributed by atoms with Gasteiger partial charge in [-0.2, -0.15) is 5.10 Å². The normalized spacial score (nSPS) is 10.5. The van der Waals surface area contributed by atoms with Gasteiger partial charge in [0.25, 0.3) is 0 Å². The second-order valence-corrected chi connectivity index (χ2v) is 6.82. The molecule has 2 aromatic carbocycles. The van der Waals surface area contributed by atoms with E-state index in [1.165, 1.54) is 6.92 Å². The van der Waals surface area contributed by atoms with Crippen molar-refractivity contribution in [1.29, 1.82) is 0 Å². The first-order chi connectivity index (χ1) is 13.4. The van der Waals surface area contributed by atoms with E-state index in [1.54, 1.807) is 24.3 Å². The molecule has 0 spiro atoms. The van der Waals surface area contributed by atoms with Crippen LogP contribution in [0.5, 0.6) is 0 Å². The van der Waals surface area contributed by atoms with Crippen LogP contribution in [0.2, 0.25) is 0 Å². The van der Waals surface area contributed by atoms with Crippen molar-refractivity contribution in [3.63, 3.8) is 0 Å². The van der Waals surface area contributed by atoms with Crippen LogP contribution >= 0.6 is 12.2 Å². The average molecular weight is 395 g/mol. The molecule has 1 aromatic heterocycles. The first-order valence-electron chi connectivity index (χ1n) is 8.82. The average Bonchev–Trinajstić information content (AvgIpc) is 3.00. The Kier molecular flexibility index (Phi) is 6.00. The van der Waals surface area contributed by atoms with Gasteiger partial charge in [0.2, 0.25) is 11.8 Å². The molecule has 0 unspecified atom stereocenters. The monoisotopic (exact) mass is 395 g/mol. The van der Waals surface area contributed by atoms with Crippen molar-refractivity contribution < 1.29 is 9.59 Å². The van der Waals surface area contributed by atoms with Gasteiger partial charge in [0.1, 0.15) is 0 Å². The van der Waals surface area contributed by atoms with Gasteiger partial charge in [0, 0.05) is 36.8 Å². The van der Waals surface area contributed by atoms with E-state index in [0.717, 1.165) is 11.1 Å². The highest BCUT2D eigenvalue weighted by atomic mass is 32.1. The van der Waals surface area contributed by atoms with Gasteiger partial charge in [0.15, 0.2) is 10.6 Å². The fourth-order valence-electron chi connectivity index (χ4n) is 2.84. The van der Waals surface area contributed by atoms with Gasteiger partial charge in [0.05, 0.1) is 0 Å². The zero-order chi connectivity index (χ0) is 20.1. The molecule has 3 aromatic rings. The number of nitrogens with zero attached hydrogens (tertiary/aromatic N) is 2. The molecule has 0 aliphatic rings. The van der Waals surface area contributed by atoms with Crippen LogP contribution in [0.25, 0.3) is 11.4 Å². The van der Waals surface area contributed by atoms with Gasteiger partial charge in [-0.3, -0.25) is 19.3 Å². The van der Waals surface area contributed by atoms with Gasteiger partial charge < -0.3 is 10.6 Å². The van der Waals surface area contributed by atoms with E-state index in [2.05, 4.69) is 20.8 Å². The van der Waals surface area contributed by atoms with Crippen molar-refractivity contribution in [3.05, 3.63) is 58.9 Å². The predicted molar refractivity (Wildman–Crippen MR) is 112 cm³/mol. The summed E-state index contributed by atoms with van der Waals surface area (Å²) in [6.45, 7) is 3.85. The number of hydrogen-bond acceptors (Lipinski definition) is 4. The second-order valence-electron chi connectivity index (χ2n) is 6.43. The second kappa shape index (κ2) is 8.62. The third-order valence-electron chi connectivity index (χ3n) is 4.06. The summed E-state index contributed by atoms with van der Waals surface area (Å²) in [5, 5.41) is 12.6. The van der Waals surface area contributed by atoms with E-state index >= 15 is 0 Å². The lowest BCUT2D eigenvalue weighted by atomic mass is 10.1. The number of aromatic amines is 1. The molecule has 0 aliphatic carbocycles. The minimum Gasteiger partial charge on any atom is -0.326 e. The molecule has 144 valence electrons. The third-order valence-corrected chi connectivity index (χ3v) is 4.38. The molecular formula is C20H21N5O2S. The van der Waals surface area contributed by atoms with Crippen molar-refractivity contribution in [3.8, 4) is 11.4 Å². The summed E-state index contributed by atoms with van der Waals surface area (Å²) in [4.78, 5) is 23.5. The molecule has 0 aliphatic heterocycles. The van der Waals surface area contributed by atoms with Crippen LogP contribution in [-0.2, 0) is 16.1 Å². The Hall–Kier alpha value is -3.26. The summed E-state index contributed by atoms with van der Waals surface area (Å²) in [6, 6.07) is 15.0. The van der Waals surface area contributed by atoms with E-state index in [-0.39, 0.29) is 18.2 Å². The molecule has 7 nitrogen and oxygen atoms in total. The first-order valence-corrected chi connectivity index (χ1v) is 9.23. The molecule has 0 radical (unpaired) electrons. The predicted octanol–water partition coefficient (Wildman–Crippen LogP) is 3.90. The van der Waals surface area contributed by atoms with E-state index in [9.17, 15) is 9.59 Å². The van der Waals surface area contributed by atoms with Crippen molar-refractivity contribution in [2.75, 3.05) is 10.6 Å². The lowest BCUT2D eigenvalue weighted by Gasteiger charge is -2.10. The molecule has 0 fully saturated rings. The van der Waals surface area contributed by atoms with E-state index in [1.807, 2.05) is 35.8 Å². The molecule has 0 bridgehead atoms. The fourth-order valence-corrected chi connectivity index (χ4v) is 3.07. The number of H-pyrrole nitrogens is 1. The summed E-state index contributed by atoms with van der Waals surface area (Å²) in [6.07, 6.45) is 0.233. The number of nitrogens with one attached hydrogen (secondary N) is 3.